The molecular weight excluding hydrogens is 357 g/mol. The Morgan fingerprint density at radius 2 is 2.05 bits per heavy atom. The predicted octanol–water partition coefficient (Wildman–Crippen LogP) is 5.12. The number of pyridine rings is 1. The molecule has 0 saturated carbocycles. The Morgan fingerprint density at radius 3 is 2.81 bits per heavy atom. The molecule has 0 aliphatic heterocycles. The van der Waals surface area contributed by atoms with Gasteiger partial charge in [0.05, 0.1) is 16.2 Å². The van der Waals surface area contributed by atoms with E-state index in [9.17, 15) is 4.39 Å². The Labute approximate surface area is 134 Å². The summed E-state index contributed by atoms with van der Waals surface area (Å²) in [6.07, 6.45) is 1.59. The van der Waals surface area contributed by atoms with Crippen molar-refractivity contribution < 1.29 is 4.39 Å². The number of anilines is 3. The molecule has 0 atom stereocenters. The highest BCUT2D eigenvalue weighted by Gasteiger charge is 2.13. The second-order valence-electron chi connectivity index (χ2n) is 4.47. The molecule has 0 amide bonds. The number of nitrogen functional groups attached to an aromatic ring is 1. The number of nitrogens with two attached hydrogens (primary N) is 1. The Hall–Kier alpha value is -1.85. The van der Waals surface area contributed by atoms with Gasteiger partial charge in [-0.15, -0.1) is 0 Å². The SMILES string of the molecule is Nc1cc(F)c(Nc2ccc(Br)cc2Cl)c2ncccc12. The van der Waals surface area contributed by atoms with Crippen LogP contribution in [-0.2, 0) is 0 Å². The summed E-state index contributed by atoms with van der Waals surface area (Å²) in [5, 5.41) is 4.16. The van der Waals surface area contributed by atoms with E-state index in [1.807, 2.05) is 6.07 Å². The van der Waals surface area contributed by atoms with E-state index in [4.69, 9.17) is 17.3 Å². The molecule has 3 N–H and O–H groups in total. The number of hydrogen-bond acceptors (Lipinski definition) is 3. The molecule has 0 spiro atoms. The molecule has 0 aliphatic rings. The normalized spacial score (nSPS) is 10.8. The van der Waals surface area contributed by atoms with E-state index in [0.717, 1.165) is 4.47 Å². The number of halogens is 3. The average Bonchev–Trinajstić information content (AvgIpc) is 2.45. The molecule has 0 fully saturated rings. The van der Waals surface area contributed by atoms with Gasteiger partial charge in [-0.1, -0.05) is 27.5 Å². The van der Waals surface area contributed by atoms with Gasteiger partial charge in [-0.05, 0) is 36.4 Å². The molecule has 0 unspecified atom stereocenters. The van der Waals surface area contributed by atoms with Crippen molar-refractivity contribution in [2.24, 2.45) is 0 Å². The van der Waals surface area contributed by atoms with Crippen LogP contribution in [0.4, 0.5) is 21.5 Å². The predicted molar refractivity (Wildman–Crippen MR) is 88.5 cm³/mol. The van der Waals surface area contributed by atoms with Crippen molar-refractivity contribution in [1.29, 1.82) is 0 Å². The third-order valence-electron chi connectivity index (χ3n) is 3.07. The zero-order valence-electron chi connectivity index (χ0n) is 10.7. The molecule has 0 bridgehead atoms. The first-order chi connectivity index (χ1) is 10.1. The fraction of sp³-hybridized carbons (Fsp3) is 0. The molecule has 21 heavy (non-hydrogen) atoms. The standard InChI is InChI=1S/C15H10BrClFN3/c16-8-3-4-13(10(17)6-8)21-15-11(18)7-12(19)9-2-1-5-20-14(9)15/h1-7,21H,19H2. The van der Waals surface area contributed by atoms with Gasteiger partial charge in [0.2, 0.25) is 0 Å². The highest BCUT2D eigenvalue weighted by Crippen LogP contribution is 2.34. The first-order valence-electron chi connectivity index (χ1n) is 6.11. The van der Waals surface area contributed by atoms with Gasteiger partial charge in [0.25, 0.3) is 0 Å². The van der Waals surface area contributed by atoms with Crippen LogP contribution in [0, 0.1) is 5.82 Å². The molecule has 0 radical (unpaired) electrons. The quantitative estimate of drug-likeness (QED) is 0.619. The minimum atomic E-state index is -0.474. The Bertz CT molecular complexity index is 839. The first kappa shape index (κ1) is 14.1. The summed E-state index contributed by atoms with van der Waals surface area (Å²) in [5.74, 6) is -0.474. The maximum Gasteiger partial charge on any atom is 0.150 e. The summed E-state index contributed by atoms with van der Waals surface area (Å²) in [4.78, 5) is 4.21. The van der Waals surface area contributed by atoms with Crippen LogP contribution in [0.1, 0.15) is 0 Å². The van der Waals surface area contributed by atoms with E-state index in [2.05, 4.69) is 26.2 Å². The van der Waals surface area contributed by atoms with Crippen molar-refractivity contribution >= 4 is 55.5 Å². The van der Waals surface area contributed by atoms with Crippen LogP contribution in [0.15, 0.2) is 47.1 Å². The fourth-order valence-electron chi connectivity index (χ4n) is 2.08. The molecule has 0 saturated heterocycles. The highest BCUT2D eigenvalue weighted by atomic mass is 79.9. The maximum atomic E-state index is 14.2. The third kappa shape index (κ3) is 2.66. The van der Waals surface area contributed by atoms with Crippen molar-refractivity contribution in [1.82, 2.24) is 4.98 Å². The molecule has 2 aromatic carbocycles. The Kier molecular flexibility index (Phi) is 3.69. The van der Waals surface area contributed by atoms with Crippen molar-refractivity contribution in [2.75, 3.05) is 11.1 Å². The van der Waals surface area contributed by atoms with Crippen molar-refractivity contribution in [3.8, 4) is 0 Å². The van der Waals surface area contributed by atoms with Crippen LogP contribution >= 0.6 is 27.5 Å². The van der Waals surface area contributed by atoms with Crippen LogP contribution in [0.3, 0.4) is 0 Å². The number of aromatic nitrogens is 1. The maximum absolute atomic E-state index is 14.2. The third-order valence-corrected chi connectivity index (χ3v) is 3.87. The van der Waals surface area contributed by atoms with Gasteiger partial charge in [0, 0.05) is 21.7 Å². The molecule has 3 nitrogen and oxygen atoms in total. The summed E-state index contributed by atoms with van der Waals surface area (Å²) in [5.41, 5.74) is 7.49. The van der Waals surface area contributed by atoms with Gasteiger partial charge in [0.15, 0.2) is 5.82 Å². The van der Waals surface area contributed by atoms with E-state index in [-0.39, 0.29) is 5.69 Å². The van der Waals surface area contributed by atoms with Crippen molar-refractivity contribution in [3.05, 3.63) is 57.9 Å². The molecular formula is C15H10BrClFN3. The topological polar surface area (TPSA) is 50.9 Å². The summed E-state index contributed by atoms with van der Waals surface area (Å²) < 4.78 is 15.1. The lowest BCUT2D eigenvalue weighted by atomic mass is 10.1. The highest BCUT2D eigenvalue weighted by molar-refractivity contribution is 9.10. The zero-order valence-corrected chi connectivity index (χ0v) is 13.0. The second kappa shape index (κ2) is 5.50. The number of nitrogens with zero attached hydrogens (tertiary/aromatic N) is 1. The van der Waals surface area contributed by atoms with Crippen LogP contribution in [0.2, 0.25) is 5.02 Å². The lowest BCUT2D eigenvalue weighted by molar-refractivity contribution is 0.634. The van der Waals surface area contributed by atoms with E-state index in [0.29, 0.717) is 27.3 Å². The molecule has 6 heteroatoms. The summed E-state index contributed by atoms with van der Waals surface area (Å²) in [6, 6.07) is 10.1. The number of nitrogens with one attached hydrogen (secondary N) is 1. The molecule has 106 valence electrons. The second-order valence-corrected chi connectivity index (χ2v) is 5.79. The monoisotopic (exact) mass is 365 g/mol. The van der Waals surface area contributed by atoms with E-state index in [1.54, 1.807) is 30.5 Å². The number of hydrogen-bond donors (Lipinski definition) is 2. The molecule has 0 aliphatic carbocycles. The van der Waals surface area contributed by atoms with E-state index < -0.39 is 5.82 Å². The molecule has 1 heterocycles. The smallest absolute Gasteiger partial charge is 0.150 e. The van der Waals surface area contributed by atoms with Crippen LogP contribution in [0.5, 0.6) is 0 Å². The molecule has 3 rings (SSSR count). The van der Waals surface area contributed by atoms with Gasteiger partial charge in [-0.3, -0.25) is 4.98 Å². The van der Waals surface area contributed by atoms with Gasteiger partial charge >= 0.3 is 0 Å². The van der Waals surface area contributed by atoms with E-state index >= 15 is 0 Å². The zero-order chi connectivity index (χ0) is 15.0. The summed E-state index contributed by atoms with van der Waals surface area (Å²) in [6.45, 7) is 0. The van der Waals surface area contributed by atoms with Gasteiger partial charge in [-0.2, -0.15) is 0 Å². The van der Waals surface area contributed by atoms with Crippen molar-refractivity contribution in [2.45, 2.75) is 0 Å². The van der Waals surface area contributed by atoms with Crippen LogP contribution < -0.4 is 11.1 Å². The Morgan fingerprint density at radius 1 is 1.24 bits per heavy atom. The summed E-state index contributed by atoms with van der Waals surface area (Å²) >= 11 is 9.48. The number of rotatable bonds is 2. The lowest BCUT2D eigenvalue weighted by Gasteiger charge is -2.13. The largest absolute Gasteiger partial charge is 0.398 e. The number of fused-ring (bicyclic) bond motifs is 1. The van der Waals surface area contributed by atoms with Crippen LogP contribution in [0.25, 0.3) is 10.9 Å². The minimum Gasteiger partial charge on any atom is -0.398 e. The van der Waals surface area contributed by atoms with Crippen LogP contribution in [-0.4, -0.2) is 4.98 Å². The molecule has 1 aromatic heterocycles. The number of benzene rings is 2. The minimum absolute atomic E-state index is 0.254. The average molecular weight is 367 g/mol. The fourth-order valence-corrected chi connectivity index (χ4v) is 2.80. The first-order valence-corrected chi connectivity index (χ1v) is 7.28. The Balaban J connectivity index is 2.16. The van der Waals surface area contributed by atoms with Gasteiger partial charge in [-0.25, -0.2) is 4.39 Å². The lowest BCUT2D eigenvalue weighted by Crippen LogP contribution is -2.00. The van der Waals surface area contributed by atoms with E-state index in [1.165, 1.54) is 6.07 Å². The molecule has 3 aromatic rings. The van der Waals surface area contributed by atoms with Gasteiger partial charge < -0.3 is 11.1 Å². The van der Waals surface area contributed by atoms with Crippen molar-refractivity contribution in [3.63, 3.8) is 0 Å². The summed E-state index contributed by atoms with van der Waals surface area (Å²) in [7, 11) is 0. The van der Waals surface area contributed by atoms with Gasteiger partial charge in [0.1, 0.15) is 5.69 Å².